The van der Waals surface area contributed by atoms with Crippen LogP contribution in [0.4, 0.5) is 0 Å². The predicted molar refractivity (Wildman–Crippen MR) is 104 cm³/mol. The number of piperidine rings is 1. The monoisotopic (exact) mass is 358 g/mol. The fourth-order valence-electron chi connectivity index (χ4n) is 5.54. The van der Waals surface area contributed by atoms with E-state index in [1.54, 1.807) is 0 Å². The molecule has 4 heteroatoms. The Hall–Kier alpha value is -1.13. The van der Waals surface area contributed by atoms with Gasteiger partial charge in [0, 0.05) is 25.6 Å². The van der Waals surface area contributed by atoms with Crippen LogP contribution in [0.2, 0.25) is 0 Å². The number of ether oxygens (including phenoxy) is 1. The molecule has 4 aliphatic rings. The standard InChI is InChI=1S/C22H34N2O2/c1-16-7-6-8-22(2)14-20-17(13-19(16)22)18(21(25)26-20)15-23-9-12-24-10-4-3-5-11-24/h7,13,17-18,20,23H,3-6,8-12,14-15H2,1-2H3. The number of hydrogen-bond acceptors (Lipinski definition) is 4. The maximum absolute atomic E-state index is 12.5. The number of likely N-dealkylation sites (tertiary alicyclic amines) is 1. The van der Waals surface area contributed by atoms with Crippen molar-refractivity contribution in [1.29, 1.82) is 0 Å². The summed E-state index contributed by atoms with van der Waals surface area (Å²) in [4.78, 5) is 15.0. The second-order valence-corrected chi connectivity index (χ2v) is 9.04. The van der Waals surface area contributed by atoms with Crippen LogP contribution in [0.15, 0.2) is 23.3 Å². The SMILES string of the molecule is CC1=CCCC2(C)CC3OC(=O)C(CNCCN4CCCCC4)C3C=C12. The van der Waals surface area contributed by atoms with Gasteiger partial charge in [0.05, 0.1) is 5.92 Å². The van der Waals surface area contributed by atoms with Crippen molar-refractivity contribution in [2.45, 2.75) is 58.5 Å². The van der Waals surface area contributed by atoms with Crippen LogP contribution < -0.4 is 5.32 Å². The molecule has 4 nitrogen and oxygen atoms in total. The van der Waals surface area contributed by atoms with E-state index in [2.05, 4.69) is 36.2 Å². The van der Waals surface area contributed by atoms with E-state index in [-0.39, 0.29) is 29.3 Å². The Morgan fingerprint density at radius 2 is 2.12 bits per heavy atom. The summed E-state index contributed by atoms with van der Waals surface area (Å²) in [5, 5.41) is 3.54. The molecule has 2 aliphatic heterocycles. The summed E-state index contributed by atoms with van der Waals surface area (Å²) in [6.07, 6.45) is 12.2. The number of carbonyl (C=O) groups is 1. The smallest absolute Gasteiger partial charge is 0.311 e. The normalized spacial score (nSPS) is 37.5. The van der Waals surface area contributed by atoms with Crippen LogP contribution in [-0.4, -0.2) is 49.7 Å². The van der Waals surface area contributed by atoms with Crippen LogP contribution in [-0.2, 0) is 9.53 Å². The molecule has 0 bridgehead atoms. The van der Waals surface area contributed by atoms with E-state index in [9.17, 15) is 4.79 Å². The number of nitrogens with zero attached hydrogens (tertiary/aromatic N) is 1. The van der Waals surface area contributed by atoms with Crippen LogP contribution in [0.5, 0.6) is 0 Å². The molecule has 2 saturated heterocycles. The Labute approximate surface area is 158 Å². The highest BCUT2D eigenvalue weighted by molar-refractivity contribution is 5.76. The maximum atomic E-state index is 12.5. The quantitative estimate of drug-likeness (QED) is 0.605. The summed E-state index contributed by atoms with van der Waals surface area (Å²) >= 11 is 0. The largest absolute Gasteiger partial charge is 0.461 e. The topological polar surface area (TPSA) is 41.6 Å². The van der Waals surface area contributed by atoms with Gasteiger partial charge in [-0.1, -0.05) is 31.1 Å². The molecular weight excluding hydrogens is 324 g/mol. The highest BCUT2D eigenvalue weighted by Crippen LogP contribution is 2.52. The zero-order valence-corrected chi connectivity index (χ0v) is 16.4. The molecule has 2 heterocycles. The van der Waals surface area contributed by atoms with Gasteiger partial charge >= 0.3 is 5.97 Å². The lowest BCUT2D eigenvalue weighted by molar-refractivity contribution is -0.145. The first-order valence-corrected chi connectivity index (χ1v) is 10.6. The first-order chi connectivity index (χ1) is 12.6. The molecule has 144 valence electrons. The van der Waals surface area contributed by atoms with E-state index in [0.29, 0.717) is 0 Å². The van der Waals surface area contributed by atoms with Gasteiger partial charge in [-0.2, -0.15) is 0 Å². The summed E-state index contributed by atoms with van der Waals surface area (Å²) < 4.78 is 5.82. The highest BCUT2D eigenvalue weighted by atomic mass is 16.6. The van der Waals surface area contributed by atoms with Crippen molar-refractivity contribution in [3.8, 4) is 0 Å². The Morgan fingerprint density at radius 3 is 2.92 bits per heavy atom. The van der Waals surface area contributed by atoms with Crippen LogP contribution >= 0.6 is 0 Å². The minimum atomic E-state index is -0.0202. The fraction of sp³-hybridized carbons (Fsp3) is 0.773. The summed E-state index contributed by atoms with van der Waals surface area (Å²) in [5.41, 5.74) is 3.08. The molecule has 0 aromatic heterocycles. The van der Waals surface area contributed by atoms with E-state index < -0.39 is 0 Å². The lowest BCUT2D eigenvalue weighted by Gasteiger charge is -2.42. The first-order valence-electron chi connectivity index (χ1n) is 10.6. The third-order valence-corrected chi connectivity index (χ3v) is 7.11. The molecule has 1 N–H and O–H groups in total. The van der Waals surface area contributed by atoms with Gasteiger partial charge in [0.2, 0.25) is 0 Å². The van der Waals surface area contributed by atoms with Crippen LogP contribution in [0.1, 0.15) is 52.4 Å². The van der Waals surface area contributed by atoms with Crippen molar-refractivity contribution in [1.82, 2.24) is 10.2 Å². The Bertz CT molecular complexity index is 605. The third-order valence-electron chi connectivity index (χ3n) is 7.11. The Kier molecular flexibility index (Phi) is 5.24. The second kappa shape index (κ2) is 7.47. The first kappa shape index (κ1) is 18.2. The zero-order valence-electron chi connectivity index (χ0n) is 16.4. The number of fused-ring (bicyclic) bond motifs is 2. The molecule has 2 fully saturated rings. The summed E-state index contributed by atoms with van der Waals surface area (Å²) in [7, 11) is 0. The van der Waals surface area contributed by atoms with E-state index in [1.165, 1.54) is 49.9 Å². The van der Waals surface area contributed by atoms with Crippen molar-refractivity contribution in [3.63, 3.8) is 0 Å². The molecular formula is C22H34N2O2. The van der Waals surface area contributed by atoms with Crippen LogP contribution in [0.3, 0.4) is 0 Å². The zero-order chi connectivity index (χ0) is 18.1. The fourth-order valence-corrected chi connectivity index (χ4v) is 5.54. The Morgan fingerprint density at radius 1 is 1.31 bits per heavy atom. The minimum Gasteiger partial charge on any atom is -0.461 e. The van der Waals surface area contributed by atoms with Gasteiger partial charge in [-0.25, -0.2) is 0 Å². The van der Waals surface area contributed by atoms with Crippen LogP contribution in [0.25, 0.3) is 0 Å². The van der Waals surface area contributed by atoms with E-state index in [0.717, 1.165) is 32.5 Å². The van der Waals surface area contributed by atoms with Crippen molar-refractivity contribution in [2.75, 3.05) is 32.7 Å². The number of allylic oxidation sites excluding steroid dienone is 3. The van der Waals surface area contributed by atoms with Gasteiger partial charge < -0.3 is 15.0 Å². The lowest BCUT2D eigenvalue weighted by Crippen LogP contribution is -2.40. The molecule has 4 unspecified atom stereocenters. The molecule has 0 saturated carbocycles. The third kappa shape index (κ3) is 3.50. The van der Waals surface area contributed by atoms with Gasteiger partial charge in [0.15, 0.2) is 0 Å². The van der Waals surface area contributed by atoms with Crippen molar-refractivity contribution < 1.29 is 9.53 Å². The second-order valence-electron chi connectivity index (χ2n) is 9.04. The van der Waals surface area contributed by atoms with Crippen molar-refractivity contribution in [3.05, 3.63) is 23.3 Å². The number of rotatable bonds is 5. The average Bonchev–Trinajstić information content (AvgIpc) is 2.92. The number of carbonyl (C=O) groups excluding carboxylic acids is 1. The minimum absolute atomic E-state index is 0.00574. The summed E-state index contributed by atoms with van der Waals surface area (Å²) in [5.74, 6) is 0.230. The summed E-state index contributed by atoms with van der Waals surface area (Å²) in [6.45, 7) is 9.85. The number of nitrogens with one attached hydrogen (secondary N) is 1. The van der Waals surface area contributed by atoms with E-state index >= 15 is 0 Å². The molecule has 4 rings (SSSR count). The maximum Gasteiger partial charge on any atom is 0.311 e. The molecule has 0 spiro atoms. The average molecular weight is 359 g/mol. The molecule has 4 atom stereocenters. The van der Waals surface area contributed by atoms with E-state index in [4.69, 9.17) is 4.74 Å². The lowest BCUT2D eigenvalue weighted by atomic mass is 9.62. The van der Waals surface area contributed by atoms with Gasteiger partial charge in [-0.15, -0.1) is 0 Å². The van der Waals surface area contributed by atoms with Gasteiger partial charge in [0.1, 0.15) is 6.10 Å². The molecule has 0 aromatic carbocycles. The van der Waals surface area contributed by atoms with Gasteiger partial charge in [0.25, 0.3) is 0 Å². The molecule has 2 aliphatic carbocycles. The molecule has 0 amide bonds. The van der Waals surface area contributed by atoms with Crippen molar-refractivity contribution in [2.24, 2.45) is 17.3 Å². The Balaban J connectivity index is 1.37. The van der Waals surface area contributed by atoms with Gasteiger partial charge in [-0.3, -0.25) is 4.79 Å². The van der Waals surface area contributed by atoms with Crippen LogP contribution in [0, 0.1) is 17.3 Å². The van der Waals surface area contributed by atoms with E-state index in [1.807, 2.05) is 0 Å². The summed E-state index contributed by atoms with van der Waals surface area (Å²) in [6, 6.07) is 0. The molecule has 26 heavy (non-hydrogen) atoms. The predicted octanol–water partition coefficient (Wildman–Crippen LogP) is 3.30. The number of esters is 1. The number of hydrogen-bond donors (Lipinski definition) is 1. The highest BCUT2D eigenvalue weighted by Gasteiger charge is 2.50. The molecule has 0 radical (unpaired) electrons. The molecule has 0 aromatic rings. The van der Waals surface area contributed by atoms with Crippen molar-refractivity contribution >= 4 is 5.97 Å². The van der Waals surface area contributed by atoms with Gasteiger partial charge in [-0.05, 0) is 63.1 Å².